The van der Waals surface area contributed by atoms with E-state index in [1.54, 1.807) is 11.6 Å². The van der Waals surface area contributed by atoms with Crippen LogP contribution in [-0.4, -0.2) is 17.4 Å². The number of carbonyl (C=O) groups is 1. The number of nitrogens with zero attached hydrogens (tertiary/aromatic N) is 1. The van der Waals surface area contributed by atoms with Crippen LogP contribution in [0.2, 0.25) is 0 Å². The Labute approximate surface area is 154 Å². The van der Waals surface area contributed by atoms with Crippen LogP contribution < -0.4 is 5.32 Å². The van der Waals surface area contributed by atoms with Gasteiger partial charge >= 0.3 is 0 Å². The molecule has 0 aromatic heterocycles. The zero-order valence-corrected chi connectivity index (χ0v) is 15.0. The fourth-order valence-corrected chi connectivity index (χ4v) is 4.82. The fraction of sp³-hybridized carbons (Fsp3) is 0.500. The number of carbonyl (C=O) groups excluding carboxylic acids is 1. The maximum Gasteiger partial charge on any atom is 0.138 e. The molecule has 2 aliphatic carbocycles. The number of hydrogen-bond donors (Lipinski definition) is 1. The van der Waals surface area contributed by atoms with Crippen molar-refractivity contribution < 1.29 is 9.18 Å². The van der Waals surface area contributed by atoms with Crippen LogP contribution in [0.4, 0.5) is 4.39 Å². The maximum absolute atomic E-state index is 14.5. The van der Waals surface area contributed by atoms with Gasteiger partial charge in [-0.25, -0.2) is 4.39 Å². The normalized spacial score (nSPS) is 26.9. The van der Waals surface area contributed by atoms with E-state index < -0.39 is 0 Å². The summed E-state index contributed by atoms with van der Waals surface area (Å²) in [5.41, 5.74) is 4.23. The average Bonchev–Trinajstić information content (AvgIpc) is 3.23. The monoisotopic (exact) mass is 352 g/mol. The molecule has 136 valence electrons. The zero-order valence-electron chi connectivity index (χ0n) is 15.0. The second kappa shape index (κ2) is 6.26. The Kier molecular flexibility index (Phi) is 3.87. The molecule has 0 spiro atoms. The lowest BCUT2D eigenvalue weighted by Crippen LogP contribution is -2.29. The van der Waals surface area contributed by atoms with Crippen LogP contribution in [0.3, 0.4) is 0 Å². The van der Waals surface area contributed by atoms with Crippen molar-refractivity contribution in [3.05, 3.63) is 53.0 Å². The Morgan fingerprint density at radius 1 is 1.23 bits per heavy atom. The number of fused-ring (bicyclic) bond motifs is 3. The topological polar surface area (TPSA) is 32.3 Å². The van der Waals surface area contributed by atoms with Gasteiger partial charge in [-0.1, -0.05) is 23.8 Å². The predicted octanol–water partition coefficient (Wildman–Crippen LogP) is 4.53. The summed E-state index contributed by atoms with van der Waals surface area (Å²) in [5, 5.41) is 3.22. The van der Waals surface area contributed by atoms with Crippen molar-refractivity contribution in [3.8, 4) is 0 Å². The smallest absolute Gasteiger partial charge is 0.138 e. The molecule has 26 heavy (non-hydrogen) atoms. The molecule has 2 aliphatic heterocycles. The molecule has 1 aromatic carbocycles. The SMILES string of the molecule is O=C(CC1c2c(F)cccc2C2=CNCN21)C1CCC(=CC2CC2)CC1. The van der Waals surface area contributed by atoms with Gasteiger partial charge in [0.25, 0.3) is 0 Å². The summed E-state index contributed by atoms with van der Waals surface area (Å²) >= 11 is 0. The molecular formula is C22H25FN2O. The number of rotatable bonds is 4. The van der Waals surface area contributed by atoms with E-state index in [1.807, 2.05) is 12.3 Å². The maximum atomic E-state index is 14.5. The summed E-state index contributed by atoms with van der Waals surface area (Å²) in [4.78, 5) is 15.1. The van der Waals surface area contributed by atoms with Gasteiger partial charge in [0.05, 0.1) is 18.4 Å². The van der Waals surface area contributed by atoms with Gasteiger partial charge < -0.3 is 10.2 Å². The molecule has 3 nitrogen and oxygen atoms in total. The predicted molar refractivity (Wildman–Crippen MR) is 99.3 cm³/mol. The molecule has 4 aliphatic rings. The molecule has 0 radical (unpaired) electrons. The van der Waals surface area contributed by atoms with Crippen LogP contribution in [0.5, 0.6) is 0 Å². The molecule has 5 rings (SSSR count). The largest absolute Gasteiger partial charge is 0.372 e. The van der Waals surface area contributed by atoms with Crippen molar-refractivity contribution in [1.82, 2.24) is 10.2 Å². The number of halogens is 1. The minimum atomic E-state index is -0.186. The Morgan fingerprint density at radius 3 is 2.81 bits per heavy atom. The van der Waals surface area contributed by atoms with Gasteiger partial charge in [0, 0.05) is 29.7 Å². The number of benzene rings is 1. The lowest BCUT2D eigenvalue weighted by molar-refractivity contribution is -0.124. The first kappa shape index (κ1) is 16.1. The Bertz CT molecular complexity index is 798. The van der Waals surface area contributed by atoms with E-state index in [4.69, 9.17) is 0 Å². The summed E-state index contributed by atoms with van der Waals surface area (Å²) in [5.74, 6) is 1.09. The lowest BCUT2D eigenvalue weighted by atomic mass is 9.81. The first-order chi connectivity index (χ1) is 12.7. The molecular weight excluding hydrogens is 327 g/mol. The summed E-state index contributed by atoms with van der Waals surface area (Å²) < 4.78 is 14.5. The number of allylic oxidation sites excluding steroid dienone is 2. The van der Waals surface area contributed by atoms with E-state index in [2.05, 4.69) is 16.3 Å². The van der Waals surface area contributed by atoms with Crippen molar-refractivity contribution in [2.45, 2.75) is 51.0 Å². The summed E-state index contributed by atoms with van der Waals surface area (Å²) in [6.45, 7) is 0.653. The van der Waals surface area contributed by atoms with E-state index in [-0.39, 0.29) is 17.8 Å². The highest BCUT2D eigenvalue weighted by atomic mass is 19.1. The van der Waals surface area contributed by atoms with Crippen molar-refractivity contribution in [2.75, 3.05) is 6.67 Å². The third-order valence-electron chi connectivity index (χ3n) is 6.42. The summed E-state index contributed by atoms with van der Waals surface area (Å²) in [6, 6.07) is 5.07. The highest BCUT2D eigenvalue weighted by Gasteiger charge is 2.40. The highest BCUT2D eigenvalue weighted by molar-refractivity contribution is 5.84. The first-order valence-corrected chi connectivity index (χ1v) is 9.92. The van der Waals surface area contributed by atoms with E-state index in [0.717, 1.165) is 42.9 Å². The van der Waals surface area contributed by atoms with Crippen LogP contribution >= 0.6 is 0 Å². The Balaban J connectivity index is 1.31. The fourth-order valence-electron chi connectivity index (χ4n) is 4.82. The second-order valence-electron chi connectivity index (χ2n) is 8.19. The van der Waals surface area contributed by atoms with Crippen LogP contribution in [0.25, 0.3) is 5.70 Å². The molecule has 1 N–H and O–H groups in total. The number of Topliss-reactive ketones (excluding diaryl/α,β-unsaturated/α-hetero) is 1. The molecule has 2 fully saturated rings. The molecule has 0 saturated heterocycles. The Morgan fingerprint density at radius 2 is 2.04 bits per heavy atom. The minimum absolute atomic E-state index is 0.144. The van der Waals surface area contributed by atoms with Crippen molar-refractivity contribution in [1.29, 1.82) is 0 Å². The van der Waals surface area contributed by atoms with Gasteiger partial charge in [-0.05, 0) is 50.5 Å². The number of ketones is 1. The first-order valence-electron chi connectivity index (χ1n) is 9.92. The zero-order chi connectivity index (χ0) is 17.7. The molecule has 0 bridgehead atoms. The number of hydrogen-bond acceptors (Lipinski definition) is 3. The van der Waals surface area contributed by atoms with Crippen molar-refractivity contribution in [2.24, 2.45) is 11.8 Å². The van der Waals surface area contributed by atoms with E-state index >= 15 is 0 Å². The molecule has 1 atom stereocenters. The van der Waals surface area contributed by atoms with Gasteiger partial charge in [-0.2, -0.15) is 0 Å². The van der Waals surface area contributed by atoms with Crippen molar-refractivity contribution in [3.63, 3.8) is 0 Å². The number of nitrogens with one attached hydrogen (secondary N) is 1. The van der Waals surface area contributed by atoms with E-state index in [9.17, 15) is 9.18 Å². The quantitative estimate of drug-likeness (QED) is 0.808. The molecule has 1 aromatic rings. The van der Waals surface area contributed by atoms with Gasteiger partial charge in [0.2, 0.25) is 0 Å². The van der Waals surface area contributed by atoms with Crippen LogP contribution in [0, 0.1) is 17.7 Å². The second-order valence-corrected chi connectivity index (χ2v) is 8.19. The average molecular weight is 352 g/mol. The van der Waals surface area contributed by atoms with Gasteiger partial charge in [-0.15, -0.1) is 0 Å². The molecule has 0 amide bonds. The molecule has 4 heteroatoms. The summed E-state index contributed by atoms with van der Waals surface area (Å²) in [6.07, 6.45) is 11.6. The third kappa shape index (κ3) is 2.76. The van der Waals surface area contributed by atoms with Crippen molar-refractivity contribution >= 4 is 11.5 Å². The van der Waals surface area contributed by atoms with Gasteiger partial charge in [-0.3, -0.25) is 4.79 Å². The highest BCUT2D eigenvalue weighted by Crippen LogP contribution is 2.46. The minimum Gasteiger partial charge on any atom is -0.372 e. The lowest BCUT2D eigenvalue weighted by Gasteiger charge is -2.27. The van der Waals surface area contributed by atoms with E-state index in [0.29, 0.717) is 24.4 Å². The molecule has 1 unspecified atom stereocenters. The van der Waals surface area contributed by atoms with Gasteiger partial charge in [0.15, 0.2) is 0 Å². The van der Waals surface area contributed by atoms with Crippen LogP contribution in [0.1, 0.15) is 62.1 Å². The third-order valence-corrected chi connectivity index (χ3v) is 6.42. The Hall–Kier alpha value is -2.10. The standard InChI is InChI=1S/C22H25FN2O/c23-18-3-1-2-17-20-12-24-13-25(20)19(22(17)18)11-21(26)16-8-6-15(7-9-16)10-14-4-5-14/h1-3,10,12,14,16,19,24H,4-9,11,13H2. The summed E-state index contributed by atoms with van der Waals surface area (Å²) in [7, 11) is 0. The molecule has 2 heterocycles. The van der Waals surface area contributed by atoms with Gasteiger partial charge in [0.1, 0.15) is 11.6 Å². The van der Waals surface area contributed by atoms with E-state index in [1.165, 1.54) is 18.9 Å². The van der Waals surface area contributed by atoms with Crippen LogP contribution in [0.15, 0.2) is 36.0 Å². The molecule has 2 saturated carbocycles. The van der Waals surface area contributed by atoms with Crippen LogP contribution in [-0.2, 0) is 4.79 Å².